The van der Waals surface area contributed by atoms with Crippen LogP contribution >= 0.6 is 11.6 Å². The van der Waals surface area contributed by atoms with Crippen molar-refractivity contribution in [2.24, 2.45) is 0 Å². The highest BCUT2D eigenvalue weighted by Crippen LogP contribution is 2.27. The van der Waals surface area contributed by atoms with Crippen molar-refractivity contribution in [2.45, 2.75) is 25.9 Å². The first kappa shape index (κ1) is 11.9. The van der Waals surface area contributed by atoms with Gasteiger partial charge in [-0.2, -0.15) is 5.10 Å². The SMILES string of the molecule is CC(Cc1c(Cl)n[nH]c1C(F)F)OC=O. The Balaban J connectivity index is 2.82. The van der Waals surface area contributed by atoms with Gasteiger partial charge in [0.05, 0.1) is 0 Å². The number of nitrogens with one attached hydrogen (secondary N) is 1. The van der Waals surface area contributed by atoms with Gasteiger partial charge in [0.2, 0.25) is 0 Å². The van der Waals surface area contributed by atoms with Crippen molar-refractivity contribution < 1.29 is 18.3 Å². The highest BCUT2D eigenvalue weighted by molar-refractivity contribution is 6.30. The minimum Gasteiger partial charge on any atom is -0.465 e. The van der Waals surface area contributed by atoms with E-state index in [1.54, 1.807) is 6.92 Å². The molecule has 0 aliphatic heterocycles. The topological polar surface area (TPSA) is 55.0 Å². The van der Waals surface area contributed by atoms with Crippen LogP contribution in [0.3, 0.4) is 0 Å². The van der Waals surface area contributed by atoms with E-state index < -0.39 is 12.5 Å². The number of carbonyl (C=O) groups excluding carboxylic acids is 1. The number of H-pyrrole nitrogens is 1. The molecule has 0 aromatic carbocycles. The molecule has 1 atom stereocenters. The van der Waals surface area contributed by atoms with E-state index in [-0.39, 0.29) is 29.3 Å². The number of hydrogen-bond donors (Lipinski definition) is 1. The fourth-order valence-electron chi connectivity index (χ4n) is 1.16. The Morgan fingerprint density at radius 3 is 2.87 bits per heavy atom. The third-order valence-electron chi connectivity index (χ3n) is 1.85. The van der Waals surface area contributed by atoms with E-state index in [9.17, 15) is 13.6 Å². The van der Waals surface area contributed by atoms with Crippen LogP contribution in [-0.4, -0.2) is 22.8 Å². The molecule has 0 aliphatic rings. The first-order chi connectivity index (χ1) is 7.06. The molecule has 0 aliphatic carbocycles. The molecular weight excluding hydrogens is 230 g/mol. The molecule has 1 heterocycles. The second-order valence-electron chi connectivity index (χ2n) is 2.95. The van der Waals surface area contributed by atoms with Gasteiger partial charge >= 0.3 is 0 Å². The van der Waals surface area contributed by atoms with Crippen molar-refractivity contribution in [1.29, 1.82) is 0 Å². The summed E-state index contributed by atoms with van der Waals surface area (Å²) in [4.78, 5) is 10.0. The number of ether oxygens (including phenoxy) is 1. The quantitative estimate of drug-likeness (QED) is 0.800. The molecule has 0 spiro atoms. The van der Waals surface area contributed by atoms with Gasteiger partial charge in [0, 0.05) is 12.0 Å². The van der Waals surface area contributed by atoms with Gasteiger partial charge in [0.1, 0.15) is 11.8 Å². The van der Waals surface area contributed by atoms with Crippen LogP contribution in [0.15, 0.2) is 0 Å². The minimum absolute atomic E-state index is 0.0216. The molecule has 1 unspecified atom stereocenters. The predicted molar refractivity (Wildman–Crippen MR) is 48.9 cm³/mol. The maximum atomic E-state index is 12.4. The molecule has 0 radical (unpaired) electrons. The molecule has 4 nitrogen and oxygen atoms in total. The molecule has 1 rings (SSSR count). The van der Waals surface area contributed by atoms with Crippen molar-refractivity contribution in [1.82, 2.24) is 10.2 Å². The number of halogens is 3. The first-order valence-corrected chi connectivity index (χ1v) is 4.54. The zero-order valence-corrected chi connectivity index (χ0v) is 8.59. The van der Waals surface area contributed by atoms with Crippen molar-refractivity contribution >= 4 is 18.1 Å². The molecule has 0 amide bonds. The maximum absolute atomic E-state index is 12.4. The van der Waals surface area contributed by atoms with Gasteiger partial charge in [-0.15, -0.1) is 0 Å². The second kappa shape index (κ2) is 5.06. The summed E-state index contributed by atoms with van der Waals surface area (Å²) in [6.45, 7) is 1.84. The number of rotatable bonds is 5. The lowest BCUT2D eigenvalue weighted by Crippen LogP contribution is -2.11. The van der Waals surface area contributed by atoms with E-state index in [1.165, 1.54) is 0 Å². The molecule has 84 valence electrons. The largest absolute Gasteiger partial charge is 0.465 e. The van der Waals surface area contributed by atoms with E-state index in [4.69, 9.17) is 11.6 Å². The van der Waals surface area contributed by atoms with Crippen molar-refractivity contribution in [3.05, 3.63) is 16.4 Å². The Hall–Kier alpha value is -1.17. The Kier molecular flexibility index (Phi) is 4.02. The standard InChI is InChI=1S/C8H9ClF2N2O2/c1-4(15-3-14)2-5-6(8(10)11)12-13-7(5)9/h3-4,8H,2H2,1H3,(H,12,13). The second-order valence-corrected chi connectivity index (χ2v) is 3.31. The number of aromatic amines is 1. The molecule has 1 aromatic heterocycles. The van der Waals surface area contributed by atoms with Crippen LogP contribution in [-0.2, 0) is 16.0 Å². The van der Waals surface area contributed by atoms with E-state index in [0.717, 1.165) is 0 Å². The van der Waals surface area contributed by atoms with Crippen LogP contribution in [0.25, 0.3) is 0 Å². The highest BCUT2D eigenvalue weighted by atomic mass is 35.5. The van der Waals surface area contributed by atoms with E-state index in [2.05, 4.69) is 14.9 Å². The van der Waals surface area contributed by atoms with Gasteiger partial charge in [-0.05, 0) is 6.92 Å². The van der Waals surface area contributed by atoms with Gasteiger partial charge in [-0.1, -0.05) is 11.6 Å². The Labute approximate surface area is 89.6 Å². The third kappa shape index (κ3) is 2.89. The molecule has 0 bridgehead atoms. The lowest BCUT2D eigenvalue weighted by atomic mass is 10.1. The van der Waals surface area contributed by atoms with Crippen LogP contribution in [0, 0.1) is 0 Å². The van der Waals surface area contributed by atoms with Gasteiger partial charge in [-0.3, -0.25) is 9.89 Å². The van der Waals surface area contributed by atoms with Gasteiger partial charge in [0.25, 0.3) is 12.9 Å². The van der Waals surface area contributed by atoms with E-state index in [1.807, 2.05) is 0 Å². The summed E-state index contributed by atoms with van der Waals surface area (Å²) in [5, 5.41) is 5.59. The maximum Gasteiger partial charge on any atom is 0.293 e. The zero-order chi connectivity index (χ0) is 11.4. The molecule has 0 fully saturated rings. The van der Waals surface area contributed by atoms with Gasteiger partial charge in [0.15, 0.2) is 5.15 Å². The first-order valence-electron chi connectivity index (χ1n) is 4.16. The summed E-state index contributed by atoms with van der Waals surface area (Å²) in [5.41, 5.74) is -0.151. The van der Waals surface area contributed by atoms with E-state index in [0.29, 0.717) is 0 Å². The third-order valence-corrected chi connectivity index (χ3v) is 2.16. The van der Waals surface area contributed by atoms with E-state index >= 15 is 0 Å². The number of nitrogens with zero attached hydrogens (tertiary/aromatic N) is 1. The summed E-state index contributed by atoms with van der Waals surface area (Å²) in [6.07, 6.45) is -3.09. The Morgan fingerprint density at radius 2 is 2.33 bits per heavy atom. The smallest absolute Gasteiger partial charge is 0.293 e. The Bertz CT molecular complexity index is 343. The predicted octanol–water partition coefficient (Wildman–Crippen LogP) is 2.10. The number of carbonyl (C=O) groups is 1. The molecular formula is C8H9ClF2N2O2. The average molecular weight is 239 g/mol. The molecule has 0 saturated heterocycles. The highest BCUT2D eigenvalue weighted by Gasteiger charge is 2.21. The fraction of sp³-hybridized carbons (Fsp3) is 0.500. The average Bonchev–Trinajstić information content (AvgIpc) is 2.48. The Morgan fingerprint density at radius 1 is 1.67 bits per heavy atom. The number of aromatic nitrogens is 2. The number of alkyl halides is 2. The summed E-state index contributed by atoms with van der Waals surface area (Å²) < 4.78 is 29.5. The zero-order valence-electron chi connectivity index (χ0n) is 7.84. The molecule has 0 saturated carbocycles. The number of hydrogen-bond acceptors (Lipinski definition) is 3. The monoisotopic (exact) mass is 238 g/mol. The van der Waals surface area contributed by atoms with Crippen LogP contribution in [0.4, 0.5) is 8.78 Å². The van der Waals surface area contributed by atoms with Crippen LogP contribution < -0.4 is 0 Å². The van der Waals surface area contributed by atoms with Gasteiger partial charge < -0.3 is 4.74 Å². The normalized spacial score (nSPS) is 12.9. The molecule has 1 aromatic rings. The van der Waals surface area contributed by atoms with Gasteiger partial charge in [-0.25, -0.2) is 8.78 Å². The minimum atomic E-state index is -2.68. The summed E-state index contributed by atoms with van der Waals surface area (Å²) >= 11 is 5.61. The summed E-state index contributed by atoms with van der Waals surface area (Å²) in [5.74, 6) is 0. The lowest BCUT2D eigenvalue weighted by molar-refractivity contribution is -0.132. The fourth-order valence-corrected chi connectivity index (χ4v) is 1.38. The van der Waals surface area contributed by atoms with Crippen molar-refractivity contribution in [2.75, 3.05) is 0 Å². The molecule has 1 N–H and O–H groups in total. The van der Waals surface area contributed by atoms with Crippen molar-refractivity contribution in [3.63, 3.8) is 0 Å². The summed E-state index contributed by atoms with van der Waals surface area (Å²) in [6, 6.07) is 0. The molecule has 15 heavy (non-hydrogen) atoms. The molecule has 7 heteroatoms. The lowest BCUT2D eigenvalue weighted by Gasteiger charge is -2.09. The van der Waals surface area contributed by atoms with Crippen LogP contribution in [0.2, 0.25) is 5.15 Å². The van der Waals surface area contributed by atoms with Crippen LogP contribution in [0.1, 0.15) is 24.6 Å². The van der Waals surface area contributed by atoms with Crippen molar-refractivity contribution in [3.8, 4) is 0 Å². The van der Waals surface area contributed by atoms with Crippen LogP contribution in [0.5, 0.6) is 0 Å². The summed E-state index contributed by atoms with van der Waals surface area (Å²) in [7, 11) is 0.